The molecule has 0 aliphatic carbocycles. The van der Waals surface area contributed by atoms with Crippen LogP contribution in [0.4, 0.5) is 0 Å². The third-order valence-corrected chi connectivity index (χ3v) is 2.44. The Morgan fingerprint density at radius 2 is 1.92 bits per heavy atom. The first-order valence-corrected chi connectivity index (χ1v) is 4.41. The molecule has 1 heterocycles. The number of aryl methyl sites for hydroxylation is 2. The lowest BCUT2D eigenvalue weighted by Gasteiger charge is -2.02. The van der Waals surface area contributed by atoms with Gasteiger partial charge in [0.15, 0.2) is 0 Å². The first-order chi connectivity index (χ1) is 5.68. The van der Waals surface area contributed by atoms with Crippen molar-refractivity contribution in [3.05, 3.63) is 34.9 Å². The Labute approximate surface area is 73.4 Å². The van der Waals surface area contributed by atoms with Crippen molar-refractivity contribution in [2.45, 2.75) is 33.0 Å². The highest BCUT2D eigenvalue weighted by molar-refractivity contribution is 5.34. The van der Waals surface area contributed by atoms with E-state index in [4.69, 9.17) is 4.74 Å². The van der Waals surface area contributed by atoms with Crippen LogP contribution in [0.5, 0.6) is 0 Å². The van der Waals surface area contributed by atoms with Crippen LogP contribution in [0.1, 0.15) is 29.7 Å². The molecule has 2 atom stereocenters. The summed E-state index contributed by atoms with van der Waals surface area (Å²) in [5.74, 6) is 0. The highest BCUT2D eigenvalue weighted by atomic mass is 16.6. The predicted octanol–water partition coefficient (Wildman–Crippen LogP) is 2.76. The summed E-state index contributed by atoms with van der Waals surface area (Å²) in [6, 6.07) is 6.54. The fourth-order valence-corrected chi connectivity index (χ4v) is 1.66. The van der Waals surface area contributed by atoms with Crippen molar-refractivity contribution in [2.75, 3.05) is 0 Å². The minimum absolute atomic E-state index is 0.366. The van der Waals surface area contributed by atoms with Gasteiger partial charge in [-0.1, -0.05) is 23.8 Å². The summed E-state index contributed by atoms with van der Waals surface area (Å²) in [4.78, 5) is 0. The topological polar surface area (TPSA) is 12.5 Å². The van der Waals surface area contributed by atoms with Gasteiger partial charge in [-0.3, -0.25) is 0 Å². The highest BCUT2D eigenvalue weighted by Crippen LogP contribution is 2.39. The van der Waals surface area contributed by atoms with E-state index < -0.39 is 0 Å². The van der Waals surface area contributed by atoms with Gasteiger partial charge in [0, 0.05) is 0 Å². The molecule has 0 radical (unpaired) electrons. The maximum absolute atomic E-state index is 5.42. The average Bonchev–Trinajstić information content (AvgIpc) is 2.66. The summed E-state index contributed by atoms with van der Waals surface area (Å²) in [6.07, 6.45) is 0.789. The molecule has 1 aromatic rings. The van der Waals surface area contributed by atoms with Gasteiger partial charge in [-0.25, -0.2) is 0 Å². The quantitative estimate of drug-likeness (QED) is 0.578. The van der Waals surface area contributed by atoms with Crippen LogP contribution in [-0.4, -0.2) is 6.10 Å². The molecule has 1 heteroatoms. The van der Waals surface area contributed by atoms with Gasteiger partial charge in [0.05, 0.1) is 6.10 Å². The number of epoxide rings is 1. The van der Waals surface area contributed by atoms with E-state index in [9.17, 15) is 0 Å². The van der Waals surface area contributed by atoms with Crippen molar-refractivity contribution >= 4 is 0 Å². The van der Waals surface area contributed by atoms with E-state index in [1.807, 2.05) is 0 Å². The molecule has 0 unspecified atom stereocenters. The minimum Gasteiger partial charge on any atom is -0.365 e. The zero-order valence-corrected chi connectivity index (χ0v) is 7.79. The third kappa shape index (κ3) is 1.25. The third-order valence-electron chi connectivity index (χ3n) is 2.44. The van der Waals surface area contributed by atoms with E-state index in [1.165, 1.54) is 16.7 Å². The van der Waals surface area contributed by atoms with E-state index in [1.54, 1.807) is 0 Å². The summed E-state index contributed by atoms with van der Waals surface area (Å²) in [5.41, 5.74) is 4.03. The normalized spacial score (nSPS) is 27.2. The standard InChI is InChI=1S/C11H14O/c1-7-4-5-10(8(2)6-7)11-9(3)12-11/h4-6,9,11H,1-3H3/t9-,11+/m1/s1. The number of benzene rings is 1. The van der Waals surface area contributed by atoms with Gasteiger partial charge in [0.25, 0.3) is 0 Å². The lowest BCUT2D eigenvalue weighted by Crippen LogP contribution is -1.89. The lowest BCUT2D eigenvalue weighted by atomic mass is 10.0. The molecular weight excluding hydrogens is 148 g/mol. The zero-order valence-electron chi connectivity index (χ0n) is 7.79. The SMILES string of the molecule is Cc1ccc([C@H]2O[C@@H]2C)c(C)c1. The molecule has 64 valence electrons. The van der Waals surface area contributed by atoms with Crippen LogP contribution < -0.4 is 0 Å². The van der Waals surface area contributed by atoms with Crippen molar-refractivity contribution in [1.29, 1.82) is 0 Å². The van der Waals surface area contributed by atoms with Gasteiger partial charge in [-0.2, -0.15) is 0 Å². The summed E-state index contributed by atoms with van der Waals surface area (Å²) in [5, 5.41) is 0. The molecule has 1 nitrogen and oxygen atoms in total. The van der Waals surface area contributed by atoms with Crippen LogP contribution in [0.25, 0.3) is 0 Å². The maximum Gasteiger partial charge on any atom is 0.109 e. The number of hydrogen-bond acceptors (Lipinski definition) is 1. The fourth-order valence-electron chi connectivity index (χ4n) is 1.66. The Morgan fingerprint density at radius 1 is 1.25 bits per heavy atom. The van der Waals surface area contributed by atoms with Crippen molar-refractivity contribution in [3.8, 4) is 0 Å². The monoisotopic (exact) mass is 162 g/mol. The molecule has 1 aromatic carbocycles. The molecule has 1 aliphatic rings. The Bertz CT molecular complexity index is 304. The summed E-state index contributed by atoms with van der Waals surface area (Å²) >= 11 is 0. The molecule has 1 aliphatic heterocycles. The largest absolute Gasteiger partial charge is 0.365 e. The van der Waals surface area contributed by atoms with Gasteiger partial charge in [0.1, 0.15) is 6.10 Å². The molecule has 0 amide bonds. The molecule has 2 rings (SSSR count). The van der Waals surface area contributed by atoms with Crippen LogP contribution in [0.2, 0.25) is 0 Å². The Balaban J connectivity index is 2.33. The number of rotatable bonds is 1. The van der Waals surface area contributed by atoms with Crippen molar-refractivity contribution in [1.82, 2.24) is 0 Å². The van der Waals surface area contributed by atoms with Gasteiger partial charge in [-0.15, -0.1) is 0 Å². The summed E-state index contributed by atoms with van der Waals surface area (Å²) in [6.45, 7) is 6.38. The first-order valence-electron chi connectivity index (χ1n) is 4.41. The maximum atomic E-state index is 5.42. The predicted molar refractivity (Wildman–Crippen MR) is 49.2 cm³/mol. The zero-order chi connectivity index (χ0) is 8.72. The molecule has 0 N–H and O–H groups in total. The lowest BCUT2D eigenvalue weighted by molar-refractivity contribution is 0.382. The first kappa shape index (κ1) is 7.81. The Kier molecular flexibility index (Phi) is 1.69. The van der Waals surface area contributed by atoms with Crippen molar-refractivity contribution in [3.63, 3.8) is 0 Å². The van der Waals surface area contributed by atoms with Crippen molar-refractivity contribution < 1.29 is 4.74 Å². The molecule has 0 spiro atoms. The smallest absolute Gasteiger partial charge is 0.109 e. The van der Waals surface area contributed by atoms with E-state index in [0.29, 0.717) is 12.2 Å². The second-order valence-corrected chi connectivity index (χ2v) is 3.62. The molecule has 1 fully saturated rings. The van der Waals surface area contributed by atoms with Crippen LogP contribution in [0.3, 0.4) is 0 Å². The van der Waals surface area contributed by atoms with Crippen LogP contribution in [-0.2, 0) is 4.74 Å². The van der Waals surface area contributed by atoms with Gasteiger partial charge >= 0.3 is 0 Å². The molecular formula is C11H14O. The Morgan fingerprint density at radius 3 is 2.42 bits per heavy atom. The van der Waals surface area contributed by atoms with E-state index in [-0.39, 0.29) is 0 Å². The van der Waals surface area contributed by atoms with E-state index in [2.05, 4.69) is 39.0 Å². The van der Waals surface area contributed by atoms with Gasteiger partial charge in [0.2, 0.25) is 0 Å². The molecule has 1 saturated heterocycles. The molecule has 12 heavy (non-hydrogen) atoms. The average molecular weight is 162 g/mol. The molecule has 0 saturated carbocycles. The van der Waals surface area contributed by atoms with Gasteiger partial charge < -0.3 is 4.74 Å². The van der Waals surface area contributed by atoms with Crippen LogP contribution in [0.15, 0.2) is 18.2 Å². The fraction of sp³-hybridized carbons (Fsp3) is 0.455. The van der Waals surface area contributed by atoms with E-state index >= 15 is 0 Å². The summed E-state index contributed by atoms with van der Waals surface area (Å²) in [7, 11) is 0. The molecule has 0 aromatic heterocycles. The Hall–Kier alpha value is -0.820. The second-order valence-electron chi connectivity index (χ2n) is 3.62. The number of hydrogen-bond donors (Lipinski definition) is 0. The van der Waals surface area contributed by atoms with Crippen LogP contribution >= 0.6 is 0 Å². The minimum atomic E-state index is 0.366. The highest BCUT2D eigenvalue weighted by Gasteiger charge is 2.36. The number of ether oxygens (including phenoxy) is 1. The molecule has 0 bridgehead atoms. The van der Waals surface area contributed by atoms with Crippen LogP contribution in [0, 0.1) is 13.8 Å². The van der Waals surface area contributed by atoms with E-state index in [0.717, 1.165) is 0 Å². The summed E-state index contributed by atoms with van der Waals surface area (Å²) < 4.78 is 5.42. The van der Waals surface area contributed by atoms with Gasteiger partial charge in [-0.05, 0) is 31.9 Å². The second kappa shape index (κ2) is 2.60. The van der Waals surface area contributed by atoms with Crippen molar-refractivity contribution in [2.24, 2.45) is 0 Å².